The van der Waals surface area contributed by atoms with Gasteiger partial charge in [0.25, 0.3) is 5.91 Å². The molecule has 0 spiro atoms. The lowest BCUT2D eigenvalue weighted by atomic mass is 9.84. The minimum atomic E-state index is -0.873. The second-order valence-electron chi connectivity index (χ2n) is 7.26. The molecule has 1 aliphatic carbocycles. The molecule has 2 heterocycles. The van der Waals surface area contributed by atoms with Crippen LogP contribution in [-0.2, 0) is 11.3 Å². The first-order chi connectivity index (χ1) is 12.1. The van der Waals surface area contributed by atoms with E-state index < -0.39 is 12.0 Å². The number of para-hydroxylation sites is 1. The van der Waals surface area contributed by atoms with Crippen LogP contribution in [0.4, 0.5) is 0 Å². The van der Waals surface area contributed by atoms with E-state index in [9.17, 15) is 14.7 Å². The molecule has 132 valence electrons. The van der Waals surface area contributed by atoms with Crippen molar-refractivity contribution in [2.75, 3.05) is 0 Å². The van der Waals surface area contributed by atoms with Crippen molar-refractivity contribution in [2.24, 2.45) is 5.92 Å². The largest absolute Gasteiger partial charge is 0.480 e. The number of benzene rings is 1. The Bertz CT molecular complexity index is 825. The third kappa shape index (κ3) is 2.53. The van der Waals surface area contributed by atoms with E-state index in [4.69, 9.17) is 0 Å². The number of hydrogen-bond donors (Lipinski definition) is 1. The number of hydrogen-bond acceptors (Lipinski definition) is 2. The van der Waals surface area contributed by atoms with Crippen LogP contribution in [-0.4, -0.2) is 38.5 Å². The van der Waals surface area contributed by atoms with E-state index in [0.29, 0.717) is 17.9 Å². The number of aliphatic carboxylic acids is 1. The Morgan fingerprint density at radius 1 is 1.20 bits per heavy atom. The highest BCUT2D eigenvalue weighted by molar-refractivity contribution is 6.08. The van der Waals surface area contributed by atoms with Crippen LogP contribution in [0.5, 0.6) is 0 Å². The zero-order valence-electron chi connectivity index (χ0n) is 14.5. The second-order valence-corrected chi connectivity index (χ2v) is 7.26. The monoisotopic (exact) mass is 340 g/mol. The minimum Gasteiger partial charge on any atom is -0.480 e. The summed E-state index contributed by atoms with van der Waals surface area (Å²) in [5.41, 5.74) is 1.66. The highest BCUT2D eigenvalue weighted by Gasteiger charge is 2.48. The predicted octanol–water partition coefficient (Wildman–Crippen LogP) is 3.52. The maximum Gasteiger partial charge on any atom is 0.326 e. The van der Waals surface area contributed by atoms with Crippen molar-refractivity contribution in [3.05, 3.63) is 36.0 Å². The number of fused-ring (bicyclic) bond motifs is 2. The average Bonchev–Trinajstić information content (AvgIpc) is 3.20. The van der Waals surface area contributed by atoms with E-state index in [1.54, 1.807) is 4.90 Å². The molecule has 0 radical (unpaired) electrons. The topological polar surface area (TPSA) is 62.5 Å². The highest BCUT2D eigenvalue weighted by Crippen LogP contribution is 2.41. The molecule has 1 N–H and O–H groups in total. The Hall–Kier alpha value is -2.30. The average molecular weight is 340 g/mol. The predicted molar refractivity (Wildman–Crippen MR) is 95.6 cm³/mol. The lowest BCUT2D eigenvalue weighted by Crippen LogP contribution is -2.46. The fourth-order valence-corrected chi connectivity index (χ4v) is 4.79. The molecule has 25 heavy (non-hydrogen) atoms. The molecule has 1 aromatic carbocycles. The fraction of sp³-hybridized carbons (Fsp3) is 0.500. The summed E-state index contributed by atoms with van der Waals surface area (Å²) in [5, 5.41) is 10.6. The number of carbonyl (C=O) groups is 2. The summed E-state index contributed by atoms with van der Waals surface area (Å²) in [6.45, 7) is 2.83. The van der Waals surface area contributed by atoms with E-state index >= 15 is 0 Å². The van der Waals surface area contributed by atoms with Crippen LogP contribution in [0.25, 0.3) is 10.9 Å². The lowest BCUT2D eigenvalue weighted by molar-refractivity contribution is -0.141. The first-order valence-corrected chi connectivity index (χ1v) is 9.25. The second kappa shape index (κ2) is 6.21. The maximum absolute atomic E-state index is 13.4. The minimum absolute atomic E-state index is 0.0751. The van der Waals surface area contributed by atoms with Crippen molar-refractivity contribution in [1.82, 2.24) is 9.47 Å². The van der Waals surface area contributed by atoms with Gasteiger partial charge in [0, 0.05) is 29.7 Å². The van der Waals surface area contributed by atoms with Gasteiger partial charge in [0.1, 0.15) is 6.04 Å². The summed E-state index contributed by atoms with van der Waals surface area (Å²) in [6.07, 6.45) is 6.67. The number of rotatable bonds is 3. The number of aromatic nitrogens is 1. The molecule has 4 rings (SSSR count). The molecule has 2 fully saturated rings. The van der Waals surface area contributed by atoms with E-state index in [0.717, 1.165) is 43.1 Å². The summed E-state index contributed by atoms with van der Waals surface area (Å²) in [4.78, 5) is 26.9. The van der Waals surface area contributed by atoms with E-state index in [1.807, 2.05) is 37.4 Å². The molecule has 1 aromatic heterocycles. The van der Waals surface area contributed by atoms with Crippen LogP contribution in [0.3, 0.4) is 0 Å². The molecule has 2 aliphatic rings. The third-order valence-electron chi connectivity index (χ3n) is 5.97. The standard InChI is InChI=1S/C20H24N2O3/c1-2-21-12-15(14-8-4-6-10-17(14)21)19(23)22-16-9-5-3-7-13(16)11-18(22)20(24)25/h4,6,8,10,12-13,16,18H,2-3,5,7,9,11H2,1H3,(H,24,25). The maximum atomic E-state index is 13.4. The summed E-state index contributed by atoms with van der Waals surface area (Å²) in [7, 11) is 0. The molecule has 1 amide bonds. The molecular formula is C20H24N2O3. The molecule has 0 bridgehead atoms. The number of aryl methyl sites for hydroxylation is 1. The number of carboxylic acids is 1. The molecule has 5 nitrogen and oxygen atoms in total. The van der Waals surface area contributed by atoms with Crippen molar-refractivity contribution >= 4 is 22.8 Å². The molecule has 3 atom stereocenters. The molecule has 3 unspecified atom stereocenters. The van der Waals surface area contributed by atoms with Crippen LogP contribution in [0, 0.1) is 5.92 Å². The normalized spacial score (nSPS) is 26.0. The van der Waals surface area contributed by atoms with Crippen molar-refractivity contribution in [1.29, 1.82) is 0 Å². The molecule has 1 saturated carbocycles. The number of carboxylic acid groups (broad SMARTS) is 1. The van der Waals surface area contributed by atoms with Crippen LogP contribution >= 0.6 is 0 Å². The van der Waals surface area contributed by atoms with Crippen LogP contribution < -0.4 is 0 Å². The highest BCUT2D eigenvalue weighted by atomic mass is 16.4. The van der Waals surface area contributed by atoms with Crippen molar-refractivity contribution in [3.8, 4) is 0 Å². The van der Waals surface area contributed by atoms with Gasteiger partial charge in [-0.05, 0) is 38.2 Å². The van der Waals surface area contributed by atoms with Crippen LogP contribution in [0.2, 0.25) is 0 Å². The summed E-state index contributed by atoms with van der Waals surface area (Å²) < 4.78 is 2.06. The van der Waals surface area contributed by atoms with Gasteiger partial charge in [0.2, 0.25) is 0 Å². The number of nitrogens with zero attached hydrogens (tertiary/aromatic N) is 2. The van der Waals surface area contributed by atoms with E-state index in [-0.39, 0.29) is 11.9 Å². The number of amides is 1. The van der Waals surface area contributed by atoms with Crippen LogP contribution in [0.1, 0.15) is 49.4 Å². The van der Waals surface area contributed by atoms with Gasteiger partial charge in [-0.1, -0.05) is 31.0 Å². The molecule has 5 heteroatoms. The number of likely N-dealkylation sites (tertiary alicyclic amines) is 1. The van der Waals surface area contributed by atoms with Gasteiger partial charge in [0.05, 0.1) is 5.56 Å². The van der Waals surface area contributed by atoms with Gasteiger partial charge >= 0.3 is 5.97 Å². The lowest BCUT2D eigenvalue weighted by Gasteiger charge is -2.33. The van der Waals surface area contributed by atoms with Gasteiger partial charge in [-0.15, -0.1) is 0 Å². The fourth-order valence-electron chi connectivity index (χ4n) is 4.79. The zero-order chi connectivity index (χ0) is 17.6. The quantitative estimate of drug-likeness (QED) is 0.930. The number of carbonyl (C=O) groups excluding carboxylic acids is 1. The van der Waals surface area contributed by atoms with Crippen molar-refractivity contribution < 1.29 is 14.7 Å². The van der Waals surface area contributed by atoms with Gasteiger partial charge in [-0.3, -0.25) is 4.79 Å². The summed E-state index contributed by atoms with van der Waals surface area (Å²) in [5.74, 6) is -0.662. The van der Waals surface area contributed by atoms with Crippen LogP contribution in [0.15, 0.2) is 30.5 Å². The SMILES string of the molecule is CCn1cc(C(=O)N2C(C(=O)O)CC3CCCCC32)c2ccccc21. The first kappa shape index (κ1) is 16.2. The van der Waals surface area contributed by atoms with Gasteiger partial charge in [0.15, 0.2) is 0 Å². The van der Waals surface area contributed by atoms with Crippen molar-refractivity contribution in [3.63, 3.8) is 0 Å². The van der Waals surface area contributed by atoms with E-state index in [1.165, 1.54) is 0 Å². The Morgan fingerprint density at radius 2 is 1.96 bits per heavy atom. The van der Waals surface area contributed by atoms with Gasteiger partial charge < -0.3 is 14.6 Å². The molecule has 1 aliphatic heterocycles. The summed E-state index contributed by atoms with van der Waals surface area (Å²) >= 11 is 0. The molecule has 1 saturated heterocycles. The van der Waals surface area contributed by atoms with Gasteiger partial charge in [-0.2, -0.15) is 0 Å². The van der Waals surface area contributed by atoms with Crippen molar-refractivity contribution in [2.45, 2.75) is 57.7 Å². The Kier molecular flexibility index (Phi) is 4.02. The molecular weight excluding hydrogens is 316 g/mol. The smallest absolute Gasteiger partial charge is 0.326 e. The van der Waals surface area contributed by atoms with Gasteiger partial charge in [-0.25, -0.2) is 4.79 Å². The van der Waals surface area contributed by atoms with E-state index in [2.05, 4.69) is 4.57 Å². The Labute approximate surface area is 147 Å². The summed E-state index contributed by atoms with van der Waals surface area (Å²) in [6, 6.07) is 7.25. The molecule has 2 aromatic rings. The Morgan fingerprint density at radius 3 is 2.72 bits per heavy atom. The third-order valence-corrected chi connectivity index (χ3v) is 5.97. The first-order valence-electron chi connectivity index (χ1n) is 9.25. The zero-order valence-corrected chi connectivity index (χ0v) is 14.5. The Balaban J connectivity index is 1.77.